The van der Waals surface area contributed by atoms with E-state index in [2.05, 4.69) is 20.8 Å². The standard InChI is InChI=1S/C17H18F2N4O2/c18-17(19)6-5-12-14(17)15(23-22-12)16(24)21-11-3-1-10(2-4-11)13-9-20-7-8-25-13/h1-4,13,20H,5-9H2,(H,21,24)(H,22,23). The molecule has 1 atom stereocenters. The number of halogens is 2. The molecule has 1 aromatic carbocycles. The summed E-state index contributed by atoms with van der Waals surface area (Å²) in [5, 5.41) is 12.2. The minimum atomic E-state index is -3.01. The van der Waals surface area contributed by atoms with Gasteiger partial charge in [-0.2, -0.15) is 5.10 Å². The zero-order chi connectivity index (χ0) is 17.4. The molecule has 0 spiro atoms. The van der Waals surface area contributed by atoms with Gasteiger partial charge in [-0.3, -0.25) is 9.89 Å². The molecule has 1 unspecified atom stereocenters. The van der Waals surface area contributed by atoms with Crippen LogP contribution in [0.4, 0.5) is 14.5 Å². The van der Waals surface area contributed by atoms with E-state index in [1.54, 1.807) is 12.1 Å². The molecule has 0 saturated carbocycles. The van der Waals surface area contributed by atoms with Crippen molar-refractivity contribution in [2.45, 2.75) is 24.9 Å². The third-order valence-corrected chi connectivity index (χ3v) is 4.58. The summed E-state index contributed by atoms with van der Waals surface area (Å²) in [6, 6.07) is 7.18. The fourth-order valence-electron chi connectivity index (χ4n) is 3.28. The molecule has 6 nitrogen and oxygen atoms in total. The molecule has 4 rings (SSSR count). The van der Waals surface area contributed by atoms with E-state index >= 15 is 0 Å². The molecular formula is C17H18F2N4O2. The van der Waals surface area contributed by atoms with Gasteiger partial charge in [0.25, 0.3) is 11.8 Å². The molecule has 2 aliphatic rings. The number of ether oxygens (including phenoxy) is 1. The summed E-state index contributed by atoms with van der Waals surface area (Å²) in [6.45, 7) is 2.23. The van der Waals surface area contributed by atoms with E-state index in [0.29, 0.717) is 18.0 Å². The molecule has 2 heterocycles. The summed E-state index contributed by atoms with van der Waals surface area (Å²) in [5.41, 5.74) is 1.35. The van der Waals surface area contributed by atoms with E-state index in [1.807, 2.05) is 12.1 Å². The van der Waals surface area contributed by atoms with E-state index in [-0.39, 0.29) is 30.2 Å². The second-order valence-corrected chi connectivity index (χ2v) is 6.27. The van der Waals surface area contributed by atoms with Crippen LogP contribution in [0.15, 0.2) is 24.3 Å². The Kier molecular flexibility index (Phi) is 4.01. The van der Waals surface area contributed by atoms with Crippen molar-refractivity contribution in [2.75, 3.05) is 25.0 Å². The fraction of sp³-hybridized carbons (Fsp3) is 0.412. The van der Waals surface area contributed by atoms with Crippen molar-refractivity contribution in [1.29, 1.82) is 0 Å². The highest BCUT2D eigenvalue weighted by molar-refractivity contribution is 6.04. The summed E-state index contributed by atoms with van der Waals surface area (Å²) in [6.07, 6.45) is -0.111. The highest BCUT2D eigenvalue weighted by Crippen LogP contribution is 2.42. The van der Waals surface area contributed by atoms with E-state index < -0.39 is 11.8 Å². The molecule has 1 fully saturated rings. The normalized spacial score (nSPS) is 21.8. The van der Waals surface area contributed by atoms with Gasteiger partial charge in [0, 0.05) is 30.9 Å². The largest absolute Gasteiger partial charge is 0.371 e. The molecule has 2 aromatic rings. The van der Waals surface area contributed by atoms with Gasteiger partial charge in [0.15, 0.2) is 5.69 Å². The third-order valence-electron chi connectivity index (χ3n) is 4.58. The lowest BCUT2D eigenvalue weighted by Crippen LogP contribution is -2.33. The average Bonchev–Trinajstić information content (AvgIpc) is 3.18. The number of benzene rings is 1. The van der Waals surface area contributed by atoms with Gasteiger partial charge < -0.3 is 15.4 Å². The van der Waals surface area contributed by atoms with Gasteiger partial charge >= 0.3 is 0 Å². The number of carbonyl (C=O) groups is 1. The van der Waals surface area contributed by atoms with E-state index in [9.17, 15) is 13.6 Å². The fourth-order valence-corrected chi connectivity index (χ4v) is 3.28. The van der Waals surface area contributed by atoms with E-state index in [0.717, 1.165) is 18.7 Å². The second kappa shape index (κ2) is 6.20. The number of carbonyl (C=O) groups excluding carboxylic acids is 1. The lowest BCUT2D eigenvalue weighted by Gasteiger charge is -2.24. The average molecular weight is 348 g/mol. The summed E-state index contributed by atoms with van der Waals surface area (Å²) < 4.78 is 33.5. The van der Waals surface area contributed by atoms with Gasteiger partial charge in [-0.25, -0.2) is 8.78 Å². The van der Waals surface area contributed by atoms with Crippen molar-refractivity contribution in [3.8, 4) is 0 Å². The summed E-state index contributed by atoms with van der Waals surface area (Å²) in [7, 11) is 0. The van der Waals surface area contributed by atoms with Crippen LogP contribution in [0.2, 0.25) is 0 Å². The monoisotopic (exact) mass is 348 g/mol. The molecule has 1 aromatic heterocycles. The molecule has 1 aliphatic heterocycles. The lowest BCUT2D eigenvalue weighted by atomic mass is 10.1. The van der Waals surface area contributed by atoms with Crippen molar-refractivity contribution < 1.29 is 18.3 Å². The predicted molar refractivity (Wildman–Crippen MR) is 86.8 cm³/mol. The first-order chi connectivity index (χ1) is 12.0. The van der Waals surface area contributed by atoms with Gasteiger partial charge in [-0.1, -0.05) is 12.1 Å². The minimum absolute atomic E-state index is 0.0215. The lowest BCUT2D eigenvalue weighted by molar-refractivity contribution is -0.00273. The topological polar surface area (TPSA) is 79.0 Å². The summed E-state index contributed by atoms with van der Waals surface area (Å²) in [4.78, 5) is 12.3. The number of amides is 1. The quantitative estimate of drug-likeness (QED) is 0.796. The summed E-state index contributed by atoms with van der Waals surface area (Å²) >= 11 is 0. The van der Waals surface area contributed by atoms with Gasteiger partial charge in [-0.05, 0) is 24.1 Å². The van der Waals surface area contributed by atoms with E-state index in [4.69, 9.17) is 4.74 Å². The number of hydrogen-bond donors (Lipinski definition) is 3. The van der Waals surface area contributed by atoms with Crippen LogP contribution >= 0.6 is 0 Å². The molecule has 25 heavy (non-hydrogen) atoms. The Morgan fingerprint density at radius 3 is 2.84 bits per heavy atom. The van der Waals surface area contributed by atoms with Crippen LogP contribution in [0, 0.1) is 0 Å². The van der Waals surface area contributed by atoms with Crippen LogP contribution in [-0.4, -0.2) is 35.8 Å². The number of anilines is 1. The highest BCUT2D eigenvalue weighted by atomic mass is 19.3. The maximum atomic E-state index is 13.9. The second-order valence-electron chi connectivity index (χ2n) is 6.27. The maximum absolute atomic E-state index is 13.9. The Labute approximate surface area is 142 Å². The van der Waals surface area contributed by atoms with Gasteiger partial charge in [-0.15, -0.1) is 0 Å². The van der Waals surface area contributed by atoms with Crippen LogP contribution < -0.4 is 10.6 Å². The molecule has 1 saturated heterocycles. The van der Waals surface area contributed by atoms with Crippen LogP contribution in [0.5, 0.6) is 0 Å². The molecule has 3 N–H and O–H groups in total. The van der Waals surface area contributed by atoms with Gasteiger partial charge in [0.1, 0.15) is 0 Å². The smallest absolute Gasteiger partial charge is 0.277 e. The van der Waals surface area contributed by atoms with Crippen molar-refractivity contribution in [1.82, 2.24) is 15.5 Å². The molecule has 0 bridgehead atoms. The predicted octanol–water partition coefficient (Wildman–Crippen LogP) is 2.36. The molecule has 1 aliphatic carbocycles. The van der Waals surface area contributed by atoms with Crippen LogP contribution in [-0.2, 0) is 17.1 Å². The number of fused-ring (bicyclic) bond motifs is 1. The van der Waals surface area contributed by atoms with E-state index in [1.165, 1.54) is 0 Å². The zero-order valence-corrected chi connectivity index (χ0v) is 13.4. The number of alkyl halides is 2. The highest BCUT2D eigenvalue weighted by Gasteiger charge is 2.45. The van der Waals surface area contributed by atoms with Crippen molar-refractivity contribution in [3.05, 3.63) is 46.8 Å². The first-order valence-corrected chi connectivity index (χ1v) is 8.24. The molecule has 8 heteroatoms. The van der Waals surface area contributed by atoms with Crippen LogP contribution in [0.25, 0.3) is 0 Å². The number of morpholine rings is 1. The minimum Gasteiger partial charge on any atom is -0.371 e. The summed E-state index contributed by atoms with van der Waals surface area (Å²) in [5.74, 6) is -3.65. The first-order valence-electron chi connectivity index (χ1n) is 8.24. The number of hydrogen-bond acceptors (Lipinski definition) is 4. The van der Waals surface area contributed by atoms with Gasteiger partial charge in [0.2, 0.25) is 0 Å². The van der Waals surface area contributed by atoms with Crippen molar-refractivity contribution in [3.63, 3.8) is 0 Å². The molecule has 1 amide bonds. The Morgan fingerprint density at radius 2 is 2.12 bits per heavy atom. The Morgan fingerprint density at radius 1 is 1.32 bits per heavy atom. The van der Waals surface area contributed by atoms with Crippen molar-refractivity contribution >= 4 is 11.6 Å². The first kappa shape index (κ1) is 16.2. The molecular weight excluding hydrogens is 330 g/mol. The Bertz CT molecular complexity index is 782. The van der Waals surface area contributed by atoms with Crippen LogP contribution in [0.3, 0.4) is 0 Å². The SMILES string of the molecule is O=C(Nc1ccc(C2CNCCO2)cc1)c1n[nH]c2c1C(F)(F)CC2. The number of nitrogens with one attached hydrogen (secondary N) is 3. The van der Waals surface area contributed by atoms with Crippen LogP contribution in [0.1, 0.15) is 39.8 Å². The Hall–Kier alpha value is -2.32. The number of aryl methyl sites for hydroxylation is 1. The third kappa shape index (κ3) is 3.03. The number of aromatic nitrogens is 2. The number of nitrogens with zero attached hydrogens (tertiary/aromatic N) is 1. The Balaban J connectivity index is 1.48. The van der Waals surface area contributed by atoms with Gasteiger partial charge in [0.05, 0.1) is 18.3 Å². The zero-order valence-electron chi connectivity index (χ0n) is 13.4. The number of rotatable bonds is 3. The maximum Gasteiger partial charge on any atom is 0.277 e. The number of H-pyrrole nitrogens is 1. The van der Waals surface area contributed by atoms with Crippen molar-refractivity contribution in [2.24, 2.45) is 0 Å². The molecule has 132 valence electrons. The number of aromatic amines is 1. The molecule has 0 radical (unpaired) electrons.